The van der Waals surface area contributed by atoms with Crippen LogP contribution in [0.15, 0.2) is 11.8 Å². The molecule has 3 heteroatoms. The van der Waals surface area contributed by atoms with Gasteiger partial charge in [-0.1, -0.05) is 20.8 Å². The first-order valence-corrected chi connectivity index (χ1v) is 9.89. The quantitative estimate of drug-likeness (QED) is 0.515. The molecular weight excluding hydrogens is 300 g/mol. The Morgan fingerprint density at radius 3 is 2.54 bits per heavy atom. The van der Waals surface area contributed by atoms with Gasteiger partial charge in [0.05, 0.1) is 12.4 Å². The van der Waals surface area contributed by atoms with Crippen molar-refractivity contribution in [3.8, 4) is 0 Å². The fraction of sp³-hybridized carbons (Fsp3) is 0.857. The molecule has 0 aromatic rings. The summed E-state index contributed by atoms with van der Waals surface area (Å²) in [5, 5.41) is 20.2. The third-order valence-corrected chi connectivity index (χ3v) is 9.21. The molecule has 3 nitrogen and oxygen atoms in total. The Labute approximate surface area is 145 Å². The van der Waals surface area contributed by atoms with Gasteiger partial charge in [0.1, 0.15) is 0 Å². The highest BCUT2D eigenvalue weighted by atomic mass is 16.3. The van der Waals surface area contributed by atoms with Crippen LogP contribution in [0.5, 0.6) is 0 Å². The van der Waals surface area contributed by atoms with Gasteiger partial charge in [-0.25, -0.2) is 0 Å². The van der Waals surface area contributed by atoms with E-state index in [-0.39, 0.29) is 28.6 Å². The lowest BCUT2D eigenvalue weighted by molar-refractivity contribution is -0.145. The molecule has 134 valence electrons. The van der Waals surface area contributed by atoms with Crippen LogP contribution in [0, 0.1) is 40.4 Å². The van der Waals surface area contributed by atoms with Gasteiger partial charge in [-0.15, -0.1) is 0 Å². The molecule has 0 radical (unpaired) electrons. The minimum atomic E-state index is -0.132. The number of Topliss-reactive ketones (excluding diaryl/α,β-unsaturated/α-hetero) is 1. The molecule has 8 atom stereocenters. The number of hydrogen-bond acceptors (Lipinski definition) is 3. The Hall–Kier alpha value is -0.830. The second-order valence-corrected chi connectivity index (χ2v) is 9.59. The van der Waals surface area contributed by atoms with E-state index in [2.05, 4.69) is 20.8 Å². The van der Waals surface area contributed by atoms with E-state index in [4.69, 9.17) is 0 Å². The number of rotatable bonds is 0. The zero-order valence-electron chi connectivity index (χ0n) is 15.3. The fourth-order valence-electron chi connectivity index (χ4n) is 7.54. The van der Waals surface area contributed by atoms with Crippen LogP contribution in [0.1, 0.15) is 65.7 Å². The number of allylic oxidation sites excluding steroid dienone is 1. The smallest absolute Gasteiger partial charge is 0.162 e. The van der Waals surface area contributed by atoms with Crippen molar-refractivity contribution in [3.63, 3.8) is 0 Å². The van der Waals surface area contributed by atoms with E-state index in [1.165, 1.54) is 12.8 Å². The highest BCUT2D eigenvalue weighted by Gasteiger charge is 2.62. The molecule has 0 aromatic heterocycles. The van der Waals surface area contributed by atoms with Gasteiger partial charge in [0.2, 0.25) is 0 Å². The number of carbonyl (C=O) groups excluding carboxylic acids is 1. The molecule has 4 aliphatic carbocycles. The molecule has 0 aromatic carbocycles. The van der Waals surface area contributed by atoms with E-state index in [0.29, 0.717) is 35.7 Å². The van der Waals surface area contributed by atoms with Crippen LogP contribution in [0.3, 0.4) is 0 Å². The van der Waals surface area contributed by atoms with Crippen LogP contribution in [-0.4, -0.2) is 22.1 Å². The molecule has 24 heavy (non-hydrogen) atoms. The van der Waals surface area contributed by atoms with E-state index in [1.807, 2.05) is 0 Å². The van der Waals surface area contributed by atoms with E-state index in [1.54, 1.807) is 0 Å². The number of aliphatic hydroxyl groups is 2. The van der Waals surface area contributed by atoms with Crippen molar-refractivity contribution in [1.82, 2.24) is 0 Å². The highest BCUT2D eigenvalue weighted by molar-refractivity contribution is 5.96. The Bertz CT molecular complexity index is 582. The van der Waals surface area contributed by atoms with Crippen LogP contribution in [0.25, 0.3) is 0 Å². The molecule has 0 aliphatic heterocycles. The van der Waals surface area contributed by atoms with Gasteiger partial charge in [0, 0.05) is 12.0 Å². The third-order valence-electron chi connectivity index (χ3n) is 9.21. The summed E-state index contributed by atoms with van der Waals surface area (Å²) in [6.45, 7) is 6.86. The molecule has 4 fully saturated rings. The zero-order chi connectivity index (χ0) is 17.3. The molecule has 8 unspecified atom stereocenters. The maximum absolute atomic E-state index is 12.4. The molecule has 4 aliphatic rings. The lowest BCUT2D eigenvalue weighted by Gasteiger charge is -2.62. The summed E-state index contributed by atoms with van der Waals surface area (Å²) in [5.41, 5.74) is 0.864. The van der Waals surface area contributed by atoms with Gasteiger partial charge in [-0.05, 0) is 78.9 Å². The highest BCUT2D eigenvalue weighted by Crippen LogP contribution is 2.67. The monoisotopic (exact) mass is 332 g/mol. The molecule has 0 bridgehead atoms. The van der Waals surface area contributed by atoms with E-state index < -0.39 is 0 Å². The zero-order valence-corrected chi connectivity index (χ0v) is 15.3. The first kappa shape index (κ1) is 16.6. The van der Waals surface area contributed by atoms with Crippen molar-refractivity contribution >= 4 is 5.78 Å². The van der Waals surface area contributed by atoms with Gasteiger partial charge in [-0.2, -0.15) is 0 Å². The predicted octanol–water partition coefficient (Wildman–Crippen LogP) is 4.26. The summed E-state index contributed by atoms with van der Waals surface area (Å²) in [6.07, 6.45) is 8.32. The average molecular weight is 332 g/mol. The summed E-state index contributed by atoms with van der Waals surface area (Å²) >= 11 is 0. The van der Waals surface area contributed by atoms with Crippen LogP contribution in [-0.2, 0) is 4.79 Å². The summed E-state index contributed by atoms with van der Waals surface area (Å²) < 4.78 is 0. The molecule has 4 saturated carbocycles. The van der Waals surface area contributed by atoms with Crippen LogP contribution >= 0.6 is 0 Å². The van der Waals surface area contributed by atoms with Crippen LogP contribution in [0.4, 0.5) is 0 Å². The first-order valence-electron chi connectivity index (χ1n) is 9.89. The van der Waals surface area contributed by atoms with E-state index in [9.17, 15) is 15.0 Å². The molecule has 2 N–H and O–H groups in total. The largest absolute Gasteiger partial charge is 0.515 e. The Kier molecular flexibility index (Phi) is 3.69. The summed E-state index contributed by atoms with van der Waals surface area (Å²) in [6, 6.07) is 0. The molecule has 0 spiro atoms. The number of carbonyl (C=O) groups is 1. The molecule has 0 heterocycles. The average Bonchev–Trinajstić information content (AvgIpc) is 2.85. The molecular formula is C21H32O3. The molecule has 0 saturated heterocycles. The van der Waals surface area contributed by atoms with Gasteiger partial charge < -0.3 is 10.2 Å². The van der Waals surface area contributed by atoms with Gasteiger partial charge in [0.25, 0.3) is 0 Å². The van der Waals surface area contributed by atoms with Gasteiger partial charge in [0.15, 0.2) is 5.78 Å². The normalized spacial score (nSPS) is 55.8. The van der Waals surface area contributed by atoms with Gasteiger partial charge >= 0.3 is 0 Å². The van der Waals surface area contributed by atoms with Crippen molar-refractivity contribution < 1.29 is 15.0 Å². The summed E-state index contributed by atoms with van der Waals surface area (Å²) in [5.74, 6) is 2.69. The van der Waals surface area contributed by atoms with E-state index >= 15 is 0 Å². The molecule has 4 rings (SSSR count). The van der Waals surface area contributed by atoms with Crippen molar-refractivity contribution in [2.24, 2.45) is 40.4 Å². The van der Waals surface area contributed by atoms with Crippen molar-refractivity contribution in [3.05, 3.63) is 11.8 Å². The van der Waals surface area contributed by atoms with Crippen molar-refractivity contribution in [2.45, 2.75) is 71.8 Å². The minimum Gasteiger partial charge on any atom is -0.515 e. The maximum atomic E-state index is 12.4. The maximum Gasteiger partial charge on any atom is 0.162 e. The number of hydrogen-bond donors (Lipinski definition) is 2. The standard InChI is InChI=1S/C21H32O3/c1-12-15(11-22)18(23)10-13-4-5-14-16-6-7-19(24)20(16,2)9-8-17(14)21(12,13)3/h11-14,16-17,19,22,24H,4-10H2,1-3H3. The first-order chi connectivity index (χ1) is 11.3. The van der Waals surface area contributed by atoms with Crippen molar-refractivity contribution in [2.75, 3.05) is 0 Å². The predicted molar refractivity (Wildman–Crippen MR) is 93.4 cm³/mol. The summed E-state index contributed by atoms with van der Waals surface area (Å²) in [4.78, 5) is 12.4. The van der Waals surface area contributed by atoms with Crippen molar-refractivity contribution in [1.29, 1.82) is 0 Å². The lowest BCUT2D eigenvalue weighted by atomic mass is 9.42. The number of aliphatic hydroxyl groups excluding tert-OH is 2. The minimum absolute atomic E-state index is 0.105. The Morgan fingerprint density at radius 1 is 1.08 bits per heavy atom. The lowest BCUT2D eigenvalue weighted by Crippen LogP contribution is -2.57. The van der Waals surface area contributed by atoms with Crippen LogP contribution < -0.4 is 0 Å². The summed E-state index contributed by atoms with van der Waals surface area (Å²) in [7, 11) is 0. The van der Waals surface area contributed by atoms with E-state index in [0.717, 1.165) is 31.9 Å². The van der Waals surface area contributed by atoms with Gasteiger partial charge in [-0.3, -0.25) is 4.79 Å². The Morgan fingerprint density at radius 2 is 1.83 bits per heavy atom. The SMILES string of the molecule is CC1C(=CO)C(=O)CC2CCC3C4CCC(O)C4(C)CCC3C21C. The Balaban J connectivity index is 1.71. The topological polar surface area (TPSA) is 57.5 Å². The number of fused-ring (bicyclic) bond motifs is 5. The second kappa shape index (κ2) is 5.33. The molecule has 0 amide bonds. The second-order valence-electron chi connectivity index (χ2n) is 9.59. The van der Waals surface area contributed by atoms with Crippen LogP contribution in [0.2, 0.25) is 0 Å². The number of ketones is 1. The third kappa shape index (κ3) is 1.91. The fourth-order valence-corrected chi connectivity index (χ4v) is 7.54.